The van der Waals surface area contributed by atoms with Crippen LogP contribution in [0.15, 0.2) is 12.4 Å². The fourth-order valence-electron chi connectivity index (χ4n) is 1.62. The first-order chi connectivity index (χ1) is 7.58. The predicted molar refractivity (Wildman–Crippen MR) is 64.2 cm³/mol. The van der Waals surface area contributed by atoms with Gasteiger partial charge in [0, 0.05) is 26.3 Å². The summed E-state index contributed by atoms with van der Waals surface area (Å²) in [6.07, 6.45) is 3.57. The van der Waals surface area contributed by atoms with Crippen LogP contribution in [0.4, 0.5) is 5.69 Å². The Morgan fingerprint density at radius 1 is 1.56 bits per heavy atom. The Kier molecular flexibility index (Phi) is 4.34. The second-order valence-corrected chi connectivity index (χ2v) is 3.78. The summed E-state index contributed by atoms with van der Waals surface area (Å²) in [7, 11) is 1.85. The van der Waals surface area contributed by atoms with Gasteiger partial charge in [-0.25, -0.2) is 0 Å². The van der Waals surface area contributed by atoms with Gasteiger partial charge >= 0.3 is 0 Å². The largest absolute Gasteiger partial charge is 0.371 e. The van der Waals surface area contributed by atoms with Crippen LogP contribution < -0.4 is 5.32 Å². The molecule has 1 aromatic heterocycles. The Bertz CT molecular complexity index is 344. The van der Waals surface area contributed by atoms with E-state index in [4.69, 9.17) is 0 Å². The smallest absolute Gasteiger partial charge is 0.244 e. The van der Waals surface area contributed by atoms with Gasteiger partial charge in [0.25, 0.3) is 0 Å². The van der Waals surface area contributed by atoms with Gasteiger partial charge in [0.2, 0.25) is 5.91 Å². The van der Waals surface area contributed by atoms with Crippen LogP contribution in [0.1, 0.15) is 20.8 Å². The van der Waals surface area contributed by atoms with Crippen LogP contribution in [0.5, 0.6) is 0 Å². The van der Waals surface area contributed by atoms with Crippen molar-refractivity contribution in [3.8, 4) is 0 Å². The third-order valence-corrected chi connectivity index (χ3v) is 2.53. The van der Waals surface area contributed by atoms with E-state index in [0.29, 0.717) is 0 Å². The zero-order chi connectivity index (χ0) is 12.1. The maximum Gasteiger partial charge on any atom is 0.244 e. The fourth-order valence-corrected chi connectivity index (χ4v) is 1.62. The molecule has 0 saturated heterocycles. The van der Waals surface area contributed by atoms with Crippen LogP contribution in [0.3, 0.4) is 0 Å². The lowest BCUT2D eigenvalue weighted by atomic mass is 10.2. The number of hydrogen-bond donors (Lipinski definition) is 1. The molecule has 16 heavy (non-hydrogen) atoms. The molecule has 0 bridgehead atoms. The molecule has 0 aliphatic carbocycles. The van der Waals surface area contributed by atoms with Crippen LogP contribution in [-0.2, 0) is 11.8 Å². The number of rotatable bonds is 5. The van der Waals surface area contributed by atoms with E-state index in [1.807, 2.05) is 38.9 Å². The van der Waals surface area contributed by atoms with Crippen molar-refractivity contribution < 1.29 is 4.79 Å². The lowest BCUT2D eigenvalue weighted by Gasteiger charge is -2.23. The van der Waals surface area contributed by atoms with Crippen LogP contribution in [0.25, 0.3) is 0 Å². The second-order valence-electron chi connectivity index (χ2n) is 3.78. The van der Waals surface area contributed by atoms with Crippen molar-refractivity contribution in [1.82, 2.24) is 14.7 Å². The van der Waals surface area contributed by atoms with Crippen LogP contribution in [0.2, 0.25) is 0 Å². The number of aryl methyl sites for hydroxylation is 1. The van der Waals surface area contributed by atoms with E-state index in [0.717, 1.165) is 18.8 Å². The highest BCUT2D eigenvalue weighted by atomic mass is 16.2. The van der Waals surface area contributed by atoms with Crippen LogP contribution in [-0.4, -0.2) is 39.7 Å². The molecule has 0 fully saturated rings. The quantitative estimate of drug-likeness (QED) is 0.814. The summed E-state index contributed by atoms with van der Waals surface area (Å²) in [6, 6.07) is -0.218. The van der Waals surface area contributed by atoms with Gasteiger partial charge in [-0.3, -0.25) is 9.48 Å². The maximum absolute atomic E-state index is 12.0. The molecule has 5 heteroatoms. The summed E-state index contributed by atoms with van der Waals surface area (Å²) in [5, 5.41) is 7.18. The number of carbonyl (C=O) groups is 1. The maximum atomic E-state index is 12.0. The molecule has 0 saturated carbocycles. The number of anilines is 1. The molecule has 90 valence electrons. The summed E-state index contributed by atoms with van der Waals surface area (Å²) in [6.45, 7) is 7.33. The average Bonchev–Trinajstić information content (AvgIpc) is 2.65. The number of hydrogen-bond acceptors (Lipinski definition) is 3. The van der Waals surface area contributed by atoms with E-state index >= 15 is 0 Å². The first kappa shape index (κ1) is 12.5. The SMILES string of the molecule is CCN(CC)C(=O)C(C)Nc1cnn(C)c1. The predicted octanol–water partition coefficient (Wildman–Crippen LogP) is 1.09. The van der Waals surface area contributed by atoms with Crippen molar-refractivity contribution in [2.45, 2.75) is 26.8 Å². The number of amides is 1. The Balaban J connectivity index is 2.57. The monoisotopic (exact) mass is 224 g/mol. The third-order valence-electron chi connectivity index (χ3n) is 2.53. The van der Waals surface area contributed by atoms with Crippen LogP contribution >= 0.6 is 0 Å². The molecule has 1 atom stereocenters. The first-order valence-electron chi connectivity index (χ1n) is 5.62. The molecular weight excluding hydrogens is 204 g/mol. The van der Waals surface area contributed by atoms with Crippen LogP contribution in [0, 0.1) is 0 Å². The fraction of sp³-hybridized carbons (Fsp3) is 0.636. The van der Waals surface area contributed by atoms with Crippen molar-refractivity contribution in [2.75, 3.05) is 18.4 Å². The van der Waals surface area contributed by atoms with E-state index in [2.05, 4.69) is 10.4 Å². The van der Waals surface area contributed by atoms with Gasteiger partial charge in [-0.15, -0.1) is 0 Å². The van der Waals surface area contributed by atoms with E-state index in [-0.39, 0.29) is 11.9 Å². The highest BCUT2D eigenvalue weighted by Crippen LogP contribution is 2.07. The summed E-state index contributed by atoms with van der Waals surface area (Å²) in [5.74, 6) is 0.119. The van der Waals surface area contributed by atoms with Gasteiger partial charge in [-0.05, 0) is 20.8 Å². The van der Waals surface area contributed by atoms with Crippen molar-refractivity contribution in [1.29, 1.82) is 0 Å². The van der Waals surface area contributed by atoms with E-state index in [1.54, 1.807) is 10.9 Å². The van der Waals surface area contributed by atoms with Gasteiger partial charge in [0.05, 0.1) is 11.9 Å². The molecule has 1 aromatic rings. The van der Waals surface area contributed by atoms with E-state index in [9.17, 15) is 4.79 Å². The van der Waals surface area contributed by atoms with Gasteiger partial charge in [-0.2, -0.15) is 5.10 Å². The second kappa shape index (κ2) is 5.53. The Labute approximate surface area is 96.4 Å². The molecule has 0 spiro atoms. The minimum atomic E-state index is -0.218. The Morgan fingerprint density at radius 3 is 2.62 bits per heavy atom. The number of nitrogens with one attached hydrogen (secondary N) is 1. The van der Waals surface area contributed by atoms with E-state index in [1.165, 1.54) is 0 Å². The van der Waals surface area contributed by atoms with Crippen molar-refractivity contribution in [2.24, 2.45) is 7.05 Å². The highest BCUT2D eigenvalue weighted by Gasteiger charge is 2.17. The normalized spacial score (nSPS) is 12.2. The zero-order valence-electron chi connectivity index (χ0n) is 10.4. The number of carbonyl (C=O) groups excluding carboxylic acids is 1. The van der Waals surface area contributed by atoms with Crippen molar-refractivity contribution >= 4 is 11.6 Å². The molecule has 1 heterocycles. The summed E-state index contributed by atoms with van der Waals surface area (Å²) in [4.78, 5) is 13.8. The zero-order valence-corrected chi connectivity index (χ0v) is 10.4. The molecule has 5 nitrogen and oxygen atoms in total. The van der Waals surface area contributed by atoms with Gasteiger partial charge < -0.3 is 10.2 Å². The lowest BCUT2D eigenvalue weighted by Crippen LogP contribution is -2.41. The molecule has 1 N–H and O–H groups in total. The summed E-state index contributed by atoms with van der Waals surface area (Å²) < 4.78 is 1.71. The minimum absolute atomic E-state index is 0.119. The molecule has 1 rings (SSSR count). The topological polar surface area (TPSA) is 50.2 Å². The first-order valence-corrected chi connectivity index (χ1v) is 5.62. The molecule has 1 amide bonds. The Hall–Kier alpha value is -1.52. The number of likely N-dealkylation sites (N-methyl/N-ethyl adjacent to an activating group) is 1. The Morgan fingerprint density at radius 2 is 2.19 bits per heavy atom. The number of nitrogens with zero attached hydrogens (tertiary/aromatic N) is 3. The third kappa shape index (κ3) is 2.98. The van der Waals surface area contributed by atoms with Crippen molar-refractivity contribution in [3.63, 3.8) is 0 Å². The number of aromatic nitrogens is 2. The van der Waals surface area contributed by atoms with Gasteiger partial charge in [0.15, 0.2) is 0 Å². The summed E-state index contributed by atoms with van der Waals surface area (Å²) >= 11 is 0. The van der Waals surface area contributed by atoms with Crippen molar-refractivity contribution in [3.05, 3.63) is 12.4 Å². The lowest BCUT2D eigenvalue weighted by molar-refractivity contribution is -0.131. The standard InChI is InChI=1S/C11H20N4O/c1-5-15(6-2)11(16)9(3)13-10-7-12-14(4)8-10/h7-9,13H,5-6H2,1-4H3. The summed E-state index contributed by atoms with van der Waals surface area (Å²) in [5.41, 5.74) is 0.871. The average molecular weight is 224 g/mol. The van der Waals surface area contributed by atoms with Gasteiger partial charge in [0.1, 0.15) is 6.04 Å². The van der Waals surface area contributed by atoms with E-state index < -0.39 is 0 Å². The minimum Gasteiger partial charge on any atom is -0.371 e. The molecular formula is C11H20N4O. The van der Waals surface area contributed by atoms with Gasteiger partial charge in [-0.1, -0.05) is 0 Å². The molecule has 0 radical (unpaired) electrons. The molecule has 1 unspecified atom stereocenters. The highest BCUT2D eigenvalue weighted by molar-refractivity contribution is 5.84. The molecule has 0 aromatic carbocycles. The molecule has 0 aliphatic heterocycles. The molecule has 0 aliphatic rings.